The molecule has 1 unspecified atom stereocenters. The summed E-state index contributed by atoms with van der Waals surface area (Å²) >= 11 is 0. The van der Waals surface area contributed by atoms with Crippen molar-refractivity contribution in [2.45, 2.75) is 19.3 Å². The SMILES string of the molecule is CCC(CNc1cccc2cc[nH]c12)c1ccccc1. The predicted octanol–water partition coefficient (Wildman–Crippen LogP) is 4.77. The van der Waals surface area contributed by atoms with Gasteiger partial charge in [-0.05, 0) is 24.1 Å². The molecule has 1 aromatic heterocycles. The maximum absolute atomic E-state index is 3.59. The second-order valence-corrected chi connectivity index (χ2v) is 5.14. The largest absolute Gasteiger partial charge is 0.383 e. The third-order valence-corrected chi connectivity index (χ3v) is 3.89. The fourth-order valence-electron chi connectivity index (χ4n) is 2.69. The van der Waals surface area contributed by atoms with E-state index >= 15 is 0 Å². The first-order chi connectivity index (χ1) is 9.88. The van der Waals surface area contributed by atoms with E-state index in [4.69, 9.17) is 0 Å². The smallest absolute Gasteiger partial charge is 0.0689 e. The van der Waals surface area contributed by atoms with Crippen LogP contribution in [0.5, 0.6) is 0 Å². The summed E-state index contributed by atoms with van der Waals surface area (Å²) in [6, 6.07) is 19.2. The molecule has 0 saturated heterocycles. The van der Waals surface area contributed by atoms with Gasteiger partial charge in [-0.3, -0.25) is 0 Å². The molecule has 0 saturated carbocycles. The van der Waals surface area contributed by atoms with Gasteiger partial charge in [-0.15, -0.1) is 0 Å². The molecule has 0 amide bonds. The van der Waals surface area contributed by atoms with E-state index in [1.54, 1.807) is 0 Å². The van der Waals surface area contributed by atoms with Gasteiger partial charge in [-0.1, -0.05) is 49.4 Å². The quantitative estimate of drug-likeness (QED) is 0.682. The van der Waals surface area contributed by atoms with E-state index in [2.05, 4.69) is 71.8 Å². The summed E-state index contributed by atoms with van der Waals surface area (Å²) < 4.78 is 0. The standard InChI is InChI=1S/C18H20N2/c1-2-14(15-7-4-3-5-8-15)13-20-17-10-6-9-16-11-12-19-18(16)17/h3-12,14,19-20H,2,13H2,1H3. The van der Waals surface area contributed by atoms with Crippen molar-refractivity contribution in [3.8, 4) is 0 Å². The Bertz CT molecular complexity index is 670. The van der Waals surface area contributed by atoms with E-state index in [1.807, 2.05) is 6.20 Å². The molecule has 0 radical (unpaired) electrons. The van der Waals surface area contributed by atoms with Gasteiger partial charge in [0.25, 0.3) is 0 Å². The number of anilines is 1. The Morgan fingerprint density at radius 2 is 1.85 bits per heavy atom. The van der Waals surface area contributed by atoms with Gasteiger partial charge in [0.1, 0.15) is 0 Å². The lowest BCUT2D eigenvalue weighted by Crippen LogP contribution is -2.12. The third kappa shape index (κ3) is 2.55. The molecule has 0 bridgehead atoms. The Hall–Kier alpha value is -2.22. The molecule has 1 atom stereocenters. The average Bonchev–Trinajstić information content (AvgIpc) is 2.98. The van der Waals surface area contributed by atoms with Crippen LogP contribution in [0.25, 0.3) is 10.9 Å². The lowest BCUT2D eigenvalue weighted by Gasteiger charge is -2.17. The molecule has 2 nitrogen and oxygen atoms in total. The first-order valence-corrected chi connectivity index (χ1v) is 7.23. The Labute approximate surface area is 119 Å². The number of aromatic amines is 1. The lowest BCUT2D eigenvalue weighted by atomic mass is 9.96. The number of benzene rings is 2. The fraction of sp³-hybridized carbons (Fsp3) is 0.222. The van der Waals surface area contributed by atoms with Crippen LogP contribution in [-0.2, 0) is 0 Å². The van der Waals surface area contributed by atoms with Crippen LogP contribution in [0.2, 0.25) is 0 Å². The van der Waals surface area contributed by atoms with Crippen LogP contribution in [0.4, 0.5) is 5.69 Å². The number of hydrogen-bond acceptors (Lipinski definition) is 1. The second kappa shape index (κ2) is 5.83. The van der Waals surface area contributed by atoms with E-state index in [0.29, 0.717) is 5.92 Å². The topological polar surface area (TPSA) is 27.8 Å². The molecule has 2 aromatic carbocycles. The van der Waals surface area contributed by atoms with Gasteiger partial charge in [-0.25, -0.2) is 0 Å². The normalized spacial score (nSPS) is 12.4. The average molecular weight is 264 g/mol. The van der Waals surface area contributed by atoms with Gasteiger partial charge in [-0.2, -0.15) is 0 Å². The number of aromatic nitrogens is 1. The van der Waals surface area contributed by atoms with E-state index < -0.39 is 0 Å². The summed E-state index contributed by atoms with van der Waals surface area (Å²) in [6.45, 7) is 3.20. The van der Waals surface area contributed by atoms with Crippen molar-refractivity contribution >= 4 is 16.6 Å². The summed E-state index contributed by atoms with van der Waals surface area (Å²) in [5, 5.41) is 4.84. The minimum atomic E-state index is 0.543. The highest BCUT2D eigenvalue weighted by Crippen LogP contribution is 2.24. The number of nitrogens with one attached hydrogen (secondary N) is 2. The first kappa shape index (κ1) is 12.8. The van der Waals surface area contributed by atoms with Crippen molar-refractivity contribution in [1.82, 2.24) is 4.98 Å². The minimum absolute atomic E-state index is 0.543. The van der Waals surface area contributed by atoms with Crippen LogP contribution in [0, 0.1) is 0 Å². The highest BCUT2D eigenvalue weighted by Gasteiger charge is 2.09. The molecule has 3 rings (SSSR count). The first-order valence-electron chi connectivity index (χ1n) is 7.23. The minimum Gasteiger partial charge on any atom is -0.383 e. The molecular formula is C18H20N2. The summed E-state index contributed by atoms with van der Waals surface area (Å²) in [7, 11) is 0. The highest BCUT2D eigenvalue weighted by molar-refractivity contribution is 5.90. The van der Waals surface area contributed by atoms with E-state index in [0.717, 1.165) is 13.0 Å². The van der Waals surface area contributed by atoms with Gasteiger partial charge >= 0.3 is 0 Å². The third-order valence-electron chi connectivity index (χ3n) is 3.89. The number of hydrogen-bond donors (Lipinski definition) is 2. The number of H-pyrrole nitrogens is 1. The van der Waals surface area contributed by atoms with Crippen molar-refractivity contribution < 1.29 is 0 Å². The van der Waals surface area contributed by atoms with Crippen molar-refractivity contribution in [3.63, 3.8) is 0 Å². The van der Waals surface area contributed by atoms with Gasteiger partial charge in [0.2, 0.25) is 0 Å². The van der Waals surface area contributed by atoms with Gasteiger partial charge in [0.05, 0.1) is 11.2 Å². The zero-order valence-electron chi connectivity index (χ0n) is 11.8. The maximum atomic E-state index is 3.59. The van der Waals surface area contributed by atoms with Crippen LogP contribution in [0.15, 0.2) is 60.8 Å². The molecule has 102 valence electrons. The zero-order valence-corrected chi connectivity index (χ0v) is 11.8. The van der Waals surface area contributed by atoms with Crippen LogP contribution in [0.3, 0.4) is 0 Å². The summed E-state index contributed by atoms with van der Waals surface area (Å²) in [4.78, 5) is 3.31. The Morgan fingerprint density at radius 3 is 2.65 bits per heavy atom. The zero-order chi connectivity index (χ0) is 13.8. The fourth-order valence-corrected chi connectivity index (χ4v) is 2.69. The van der Waals surface area contributed by atoms with Crippen LogP contribution in [-0.4, -0.2) is 11.5 Å². The van der Waals surface area contributed by atoms with Crippen molar-refractivity contribution in [1.29, 1.82) is 0 Å². The molecule has 1 heterocycles. The van der Waals surface area contributed by atoms with E-state index in [1.165, 1.54) is 22.2 Å². The van der Waals surface area contributed by atoms with Crippen molar-refractivity contribution in [3.05, 3.63) is 66.4 Å². The second-order valence-electron chi connectivity index (χ2n) is 5.14. The van der Waals surface area contributed by atoms with E-state index in [-0.39, 0.29) is 0 Å². The van der Waals surface area contributed by atoms with Gasteiger partial charge < -0.3 is 10.3 Å². The Kier molecular flexibility index (Phi) is 3.73. The molecule has 0 fully saturated rings. The molecule has 0 aliphatic rings. The van der Waals surface area contributed by atoms with Gasteiger partial charge in [0, 0.05) is 24.0 Å². The Morgan fingerprint density at radius 1 is 1.00 bits per heavy atom. The number of para-hydroxylation sites is 1. The molecular weight excluding hydrogens is 244 g/mol. The van der Waals surface area contributed by atoms with Crippen LogP contribution < -0.4 is 5.32 Å². The molecule has 2 heteroatoms. The highest BCUT2D eigenvalue weighted by atomic mass is 14.9. The predicted molar refractivity (Wildman–Crippen MR) is 86.3 cm³/mol. The molecule has 0 aliphatic carbocycles. The van der Waals surface area contributed by atoms with Crippen LogP contribution >= 0.6 is 0 Å². The van der Waals surface area contributed by atoms with Crippen molar-refractivity contribution in [2.24, 2.45) is 0 Å². The van der Waals surface area contributed by atoms with E-state index in [9.17, 15) is 0 Å². The lowest BCUT2D eigenvalue weighted by molar-refractivity contribution is 0.695. The maximum Gasteiger partial charge on any atom is 0.0689 e. The van der Waals surface area contributed by atoms with Crippen LogP contribution in [0.1, 0.15) is 24.8 Å². The summed E-state index contributed by atoms with van der Waals surface area (Å²) in [6.07, 6.45) is 3.13. The monoisotopic (exact) mass is 264 g/mol. The van der Waals surface area contributed by atoms with Gasteiger partial charge in [0.15, 0.2) is 0 Å². The van der Waals surface area contributed by atoms with Crippen molar-refractivity contribution in [2.75, 3.05) is 11.9 Å². The molecule has 3 aromatic rings. The Balaban J connectivity index is 1.77. The number of rotatable bonds is 5. The summed E-state index contributed by atoms with van der Waals surface area (Å²) in [5.41, 5.74) is 3.78. The summed E-state index contributed by atoms with van der Waals surface area (Å²) in [5.74, 6) is 0.543. The molecule has 0 aliphatic heterocycles. The number of fused-ring (bicyclic) bond motifs is 1. The molecule has 2 N–H and O–H groups in total. The molecule has 20 heavy (non-hydrogen) atoms. The molecule has 0 spiro atoms.